The number of para-hydroxylation sites is 1. The Morgan fingerprint density at radius 2 is 2.05 bits per heavy atom. The Morgan fingerprint density at radius 3 is 2.62 bits per heavy atom. The molecule has 0 bridgehead atoms. The first-order chi connectivity index (χ1) is 9.93. The Morgan fingerprint density at radius 1 is 1.38 bits per heavy atom. The molecule has 0 unspecified atom stereocenters. The summed E-state index contributed by atoms with van der Waals surface area (Å²) in [5.74, 6) is -1.16. The molecule has 0 heterocycles. The number of hydrogen-bond donors (Lipinski definition) is 2. The summed E-state index contributed by atoms with van der Waals surface area (Å²) in [6, 6.07) is 7.55. The van der Waals surface area contributed by atoms with E-state index in [1.165, 1.54) is 0 Å². The third-order valence-corrected chi connectivity index (χ3v) is 2.71. The molecule has 1 aromatic rings. The van der Waals surface area contributed by atoms with Crippen LogP contribution in [-0.4, -0.2) is 29.6 Å². The molecule has 0 aromatic heterocycles. The molecule has 1 rings (SSSR count). The first-order valence-corrected chi connectivity index (χ1v) is 6.58. The molecule has 1 aromatic carbocycles. The Hall–Kier alpha value is -2.55. The van der Waals surface area contributed by atoms with Crippen molar-refractivity contribution < 1.29 is 19.4 Å². The number of amides is 1. The van der Waals surface area contributed by atoms with Crippen LogP contribution in [0.5, 0.6) is 5.75 Å². The van der Waals surface area contributed by atoms with E-state index in [9.17, 15) is 9.59 Å². The summed E-state index contributed by atoms with van der Waals surface area (Å²) < 4.78 is 5.25. The van der Waals surface area contributed by atoms with Crippen LogP contribution in [0.1, 0.15) is 25.8 Å². The molecule has 0 fully saturated rings. The predicted molar refractivity (Wildman–Crippen MR) is 75.7 cm³/mol. The number of carbonyl (C=O) groups is 2. The zero-order chi connectivity index (χ0) is 15.8. The maximum atomic E-state index is 11.7. The SMILES string of the molecule is CC(C)C[C@@H](NC(=O)COc1ccccc1C#N)C(=O)O. The molecule has 0 spiro atoms. The number of nitrogens with zero attached hydrogens (tertiary/aromatic N) is 1. The number of aliphatic carboxylic acids is 1. The van der Waals surface area contributed by atoms with Crippen molar-refractivity contribution in [2.75, 3.05) is 6.61 Å². The predicted octanol–water partition coefficient (Wildman–Crippen LogP) is 1.55. The molecule has 0 radical (unpaired) electrons. The maximum absolute atomic E-state index is 11.7. The Labute approximate surface area is 123 Å². The van der Waals surface area contributed by atoms with Gasteiger partial charge in [-0.1, -0.05) is 26.0 Å². The second-order valence-corrected chi connectivity index (χ2v) is 4.98. The lowest BCUT2D eigenvalue weighted by molar-refractivity contribution is -0.142. The molecule has 1 atom stereocenters. The van der Waals surface area contributed by atoms with Gasteiger partial charge in [0.25, 0.3) is 5.91 Å². The molecule has 6 nitrogen and oxygen atoms in total. The van der Waals surface area contributed by atoms with Crippen LogP contribution in [0.25, 0.3) is 0 Å². The lowest BCUT2D eigenvalue weighted by Gasteiger charge is -2.16. The number of hydrogen-bond acceptors (Lipinski definition) is 4. The van der Waals surface area contributed by atoms with E-state index < -0.39 is 17.9 Å². The van der Waals surface area contributed by atoms with E-state index in [2.05, 4.69) is 5.32 Å². The molecule has 2 N–H and O–H groups in total. The molecule has 0 saturated carbocycles. The van der Waals surface area contributed by atoms with Crippen LogP contribution in [0.3, 0.4) is 0 Å². The molecule has 0 saturated heterocycles. The fourth-order valence-corrected chi connectivity index (χ4v) is 1.76. The second kappa shape index (κ2) is 7.90. The van der Waals surface area contributed by atoms with Crippen LogP contribution in [0.2, 0.25) is 0 Å². The normalized spacial score (nSPS) is 11.5. The minimum Gasteiger partial charge on any atom is -0.482 e. The number of carboxylic acids is 1. The van der Waals surface area contributed by atoms with Crippen LogP contribution in [0, 0.1) is 17.2 Å². The average Bonchev–Trinajstić information content (AvgIpc) is 2.44. The fourth-order valence-electron chi connectivity index (χ4n) is 1.76. The topological polar surface area (TPSA) is 99.4 Å². The van der Waals surface area contributed by atoms with E-state index in [1.807, 2.05) is 19.9 Å². The van der Waals surface area contributed by atoms with Crippen LogP contribution >= 0.6 is 0 Å². The van der Waals surface area contributed by atoms with E-state index in [4.69, 9.17) is 15.1 Å². The standard InChI is InChI=1S/C15H18N2O4/c1-10(2)7-12(15(19)20)17-14(18)9-21-13-6-4-3-5-11(13)8-16/h3-6,10,12H,7,9H2,1-2H3,(H,17,18)(H,19,20)/t12-/m1/s1. The van der Waals surface area contributed by atoms with Crippen LogP contribution in [-0.2, 0) is 9.59 Å². The van der Waals surface area contributed by atoms with Crippen molar-refractivity contribution in [3.05, 3.63) is 29.8 Å². The monoisotopic (exact) mass is 290 g/mol. The van der Waals surface area contributed by atoms with Gasteiger partial charge in [0.1, 0.15) is 17.9 Å². The van der Waals surface area contributed by atoms with Gasteiger partial charge in [0.05, 0.1) is 5.56 Å². The van der Waals surface area contributed by atoms with Gasteiger partial charge in [0.15, 0.2) is 6.61 Å². The van der Waals surface area contributed by atoms with Crippen molar-refractivity contribution in [3.63, 3.8) is 0 Å². The number of nitriles is 1. The molecule has 6 heteroatoms. The largest absolute Gasteiger partial charge is 0.482 e. The molecule has 1 amide bonds. The van der Waals surface area contributed by atoms with Gasteiger partial charge in [-0.25, -0.2) is 4.79 Å². The van der Waals surface area contributed by atoms with Crippen molar-refractivity contribution in [1.82, 2.24) is 5.32 Å². The minimum absolute atomic E-state index is 0.145. The Kier molecular flexibility index (Phi) is 6.21. The Bertz CT molecular complexity index is 549. The highest BCUT2D eigenvalue weighted by Gasteiger charge is 2.21. The van der Waals surface area contributed by atoms with E-state index >= 15 is 0 Å². The van der Waals surface area contributed by atoms with Gasteiger partial charge in [-0.2, -0.15) is 5.26 Å². The van der Waals surface area contributed by atoms with Gasteiger partial charge in [-0.3, -0.25) is 4.79 Å². The number of benzene rings is 1. The van der Waals surface area contributed by atoms with Gasteiger partial charge >= 0.3 is 5.97 Å². The lowest BCUT2D eigenvalue weighted by Crippen LogP contribution is -2.43. The van der Waals surface area contributed by atoms with E-state index in [1.54, 1.807) is 24.3 Å². The quantitative estimate of drug-likeness (QED) is 0.793. The summed E-state index contributed by atoms with van der Waals surface area (Å²) in [5.41, 5.74) is 0.322. The van der Waals surface area contributed by atoms with E-state index in [-0.39, 0.29) is 12.5 Å². The van der Waals surface area contributed by atoms with Crippen molar-refractivity contribution >= 4 is 11.9 Å². The summed E-state index contributed by atoms with van der Waals surface area (Å²) in [6.07, 6.45) is 0.343. The zero-order valence-corrected chi connectivity index (χ0v) is 12.0. The van der Waals surface area contributed by atoms with Gasteiger partial charge < -0.3 is 15.2 Å². The average molecular weight is 290 g/mol. The summed E-state index contributed by atoms with van der Waals surface area (Å²) in [5, 5.41) is 20.3. The smallest absolute Gasteiger partial charge is 0.326 e. The highest BCUT2D eigenvalue weighted by Crippen LogP contribution is 2.16. The Balaban J connectivity index is 2.57. The number of carboxylic acid groups (broad SMARTS) is 1. The zero-order valence-electron chi connectivity index (χ0n) is 12.0. The second-order valence-electron chi connectivity index (χ2n) is 4.98. The molecule has 0 aliphatic rings. The van der Waals surface area contributed by atoms with Crippen molar-refractivity contribution in [1.29, 1.82) is 5.26 Å². The van der Waals surface area contributed by atoms with Gasteiger partial charge in [-0.15, -0.1) is 0 Å². The third kappa shape index (κ3) is 5.53. The molecule has 0 aliphatic carbocycles. The maximum Gasteiger partial charge on any atom is 0.326 e. The number of rotatable bonds is 7. The van der Waals surface area contributed by atoms with Gasteiger partial charge in [0, 0.05) is 0 Å². The first kappa shape index (κ1) is 16.5. The van der Waals surface area contributed by atoms with Gasteiger partial charge in [0.2, 0.25) is 0 Å². The van der Waals surface area contributed by atoms with Crippen LogP contribution in [0.15, 0.2) is 24.3 Å². The van der Waals surface area contributed by atoms with Crippen molar-refractivity contribution in [3.8, 4) is 11.8 Å². The third-order valence-electron chi connectivity index (χ3n) is 2.71. The van der Waals surface area contributed by atoms with Crippen molar-refractivity contribution in [2.24, 2.45) is 5.92 Å². The van der Waals surface area contributed by atoms with Crippen LogP contribution in [0.4, 0.5) is 0 Å². The van der Waals surface area contributed by atoms with E-state index in [0.717, 1.165) is 0 Å². The number of ether oxygens (including phenoxy) is 1. The molecule has 21 heavy (non-hydrogen) atoms. The number of nitrogens with one attached hydrogen (secondary N) is 1. The molecular weight excluding hydrogens is 272 g/mol. The molecule has 0 aliphatic heterocycles. The summed E-state index contributed by atoms with van der Waals surface area (Å²) in [6.45, 7) is 3.42. The highest BCUT2D eigenvalue weighted by molar-refractivity contribution is 5.84. The fraction of sp³-hybridized carbons (Fsp3) is 0.400. The lowest BCUT2D eigenvalue weighted by atomic mass is 10.0. The number of carbonyl (C=O) groups excluding carboxylic acids is 1. The highest BCUT2D eigenvalue weighted by atomic mass is 16.5. The summed E-state index contributed by atoms with van der Waals surface area (Å²) >= 11 is 0. The van der Waals surface area contributed by atoms with Crippen molar-refractivity contribution in [2.45, 2.75) is 26.3 Å². The summed E-state index contributed by atoms with van der Waals surface area (Å²) in [7, 11) is 0. The van der Waals surface area contributed by atoms with E-state index in [0.29, 0.717) is 17.7 Å². The molecule has 112 valence electrons. The molecular formula is C15H18N2O4. The minimum atomic E-state index is -1.07. The van der Waals surface area contributed by atoms with Crippen LogP contribution < -0.4 is 10.1 Å². The first-order valence-electron chi connectivity index (χ1n) is 6.58. The van der Waals surface area contributed by atoms with Gasteiger partial charge in [-0.05, 0) is 24.5 Å². The summed E-state index contributed by atoms with van der Waals surface area (Å²) in [4.78, 5) is 22.8.